The number of rotatable bonds is 11. The number of aliphatic hydroxyl groups is 2. The third kappa shape index (κ3) is 6.21. The number of hydrogen-bond acceptors (Lipinski definition) is 3. The van der Waals surface area contributed by atoms with Gasteiger partial charge in [-0.2, -0.15) is 0 Å². The molecule has 0 radical (unpaired) electrons. The Hall–Kier alpha value is -3.74. The van der Waals surface area contributed by atoms with Crippen molar-refractivity contribution >= 4 is 5.97 Å². The van der Waals surface area contributed by atoms with E-state index in [-0.39, 0.29) is 18.2 Å². The molecule has 0 fully saturated rings. The lowest BCUT2D eigenvalue weighted by molar-refractivity contribution is -0.139. The van der Waals surface area contributed by atoms with E-state index in [4.69, 9.17) is 5.11 Å². The van der Waals surface area contributed by atoms with E-state index in [2.05, 4.69) is 30.5 Å². The van der Waals surface area contributed by atoms with Gasteiger partial charge in [0, 0.05) is 23.4 Å². The first-order chi connectivity index (χ1) is 18.3. The maximum absolute atomic E-state index is 14.0. The molecule has 2 unspecified atom stereocenters. The van der Waals surface area contributed by atoms with Gasteiger partial charge in [0.15, 0.2) is 0 Å². The molecule has 0 aliphatic carbocycles. The van der Waals surface area contributed by atoms with Crippen LogP contribution in [0.25, 0.3) is 33.5 Å². The zero-order valence-corrected chi connectivity index (χ0v) is 21.7. The lowest BCUT2D eigenvalue weighted by Gasteiger charge is -2.20. The van der Waals surface area contributed by atoms with E-state index in [1.807, 2.05) is 48.5 Å². The van der Waals surface area contributed by atoms with Crippen molar-refractivity contribution in [1.29, 1.82) is 0 Å². The van der Waals surface area contributed by atoms with E-state index >= 15 is 0 Å². The normalized spacial score (nSPS) is 13.0. The fourth-order valence-electron chi connectivity index (χ4n) is 5.16. The Bertz CT molecular complexity index is 1350. The molecule has 0 saturated heterocycles. The average Bonchev–Trinajstić information content (AvgIpc) is 3.24. The third-order valence-electron chi connectivity index (χ3n) is 6.73. The number of benzene rings is 3. The van der Waals surface area contributed by atoms with Crippen LogP contribution < -0.4 is 0 Å². The Morgan fingerprint density at radius 3 is 1.89 bits per heavy atom. The van der Waals surface area contributed by atoms with Gasteiger partial charge in [-0.1, -0.05) is 86.6 Å². The van der Waals surface area contributed by atoms with Gasteiger partial charge in [0.25, 0.3) is 0 Å². The van der Waals surface area contributed by atoms with Crippen LogP contribution in [0, 0.1) is 5.82 Å². The number of aromatic nitrogens is 1. The molecule has 1 aromatic heterocycles. The second-order valence-corrected chi connectivity index (χ2v) is 9.96. The number of hydrogen-bond donors (Lipinski definition) is 3. The number of aliphatic hydroxyl groups excluding tert-OH is 2. The van der Waals surface area contributed by atoms with Gasteiger partial charge in [-0.05, 0) is 47.6 Å². The van der Waals surface area contributed by atoms with E-state index in [9.17, 15) is 19.4 Å². The second-order valence-electron chi connectivity index (χ2n) is 9.96. The minimum atomic E-state index is -1.11. The van der Waals surface area contributed by atoms with Gasteiger partial charge in [0.2, 0.25) is 0 Å². The van der Waals surface area contributed by atoms with Crippen molar-refractivity contribution in [1.82, 2.24) is 4.57 Å². The molecule has 4 rings (SSSR count). The molecule has 0 spiro atoms. The average molecular weight is 516 g/mol. The Balaban J connectivity index is 1.91. The van der Waals surface area contributed by atoms with E-state index in [1.165, 1.54) is 12.1 Å². The summed E-state index contributed by atoms with van der Waals surface area (Å²) in [5.41, 5.74) is 7.05. The van der Waals surface area contributed by atoms with Crippen LogP contribution in [0.2, 0.25) is 0 Å². The molecule has 0 saturated carbocycles. The van der Waals surface area contributed by atoms with E-state index in [0.717, 1.165) is 39.2 Å². The molecule has 6 heteroatoms. The molecule has 38 heavy (non-hydrogen) atoms. The van der Waals surface area contributed by atoms with Crippen molar-refractivity contribution < 1.29 is 24.5 Å². The molecule has 3 N–H and O–H groups in total. The molecule has 0 bridgehead atoms. The van der Waals surface area contributed by atoms with Crippen molar-refractivity contribution in [3.05, 3.63) is 96.4 Å². The summed E-state index contributed by atoms with van der Waals surface area (Å²) in [7, 11) is 0. The molecule has 0 amide bonds. The van der Waals surface area contributed by atoms with Crippen LogP contribution >= 0.6 is 0 Å². The van der Waals surface area contributed by atoms with Gasteiger partial charge in [-0.3, -0.25) is 4.79 Å². The smallest absolute Gasteiger partial charge is 0.305 e. The molecule has 198 valence electrons. The lowest BCUT2D eigenvalue weighted by atomic mass is 9.91. The highest BCUT2D eigenvalue weighted by Crippen LogP contribution is 2.47. The first-order valence-corrected chi connectivity index (χ1v) is 13.0. The molecule has 0 aliphatic heterocycles. The quantitative estimate of drug-likeness (QED) is 0.207. The molecule has 0 aliphatic rings. The monoisotopic (exact) mass is 515 g/mol. The number of carboxylic acids is 1. The largest absolute Gasteiger partial charge is 0.481 e. The summed E-state index contributed by atoms with van der Waals surface area (Å²) in [5.74, 6) is -1.28. The van der Waals surface area contributed by atoms with Crippen LogP contribution in [0.5, 0.6) is 0 Å². The highest BCUT2D eigenvalue weighted by Gasteiger charge is 2.28. The zero-order chi connectivity index (χ0) is 27.2. The lowest BCUT2D eigenvalue weighted by Crippen LogP contribution is -2.22. The summed E-state index contributed by atoms with van der Waals surface area (Å²) in [6.45, 7) is 4.72. The number of halogens is 1. The summed E-state index contributed by atoms with van der Waals surface area (Å²) in [5, 5.41) is 29.7. The van der Waals surface area contributed by atoms with Crippen LogP contribution in [0.15, 0.2) is 84.9 Å². The van der Waals surface area contributed by atoms with Crippen LogP contribution in [0.1, 0.15) is 44.7 Å². The standard InChI is InChI=1S/C32H34FNO4/c1-21(2)31-29(22-9-5-3-6-10-22)30(23-13-15-25(33)16-14-23)32(24-11-7-4-8-12-24)34(31)18-17-26(35)19-27(36)20-28(37)38/h3-16,21,26-27,35-36H,17-20H2,1-2H3,(H,37,38). The first kappa shape index (κ1) is 27.3. The topological polar surface area (TPSA) is 82.7 Å². The SMILES string of the molecule is CC(C)c1c(-c2ccccc2)c(-c2ccc(F)cc2)c(-c2ccccc2)n1CCC(O)CC(O)CC(=O)O. The fourth-order valence-corrected chi connectivity index (χ4v) is 5.16. The second kappa shape index (κ2) is 12.2. The maximum atomic E-state index is 14.0. The van der Waals surface area contributed by atoms with Crippen molar-refractivity contribution in [3.8, 4) is 33.5 Å². The predicted octanol–water partition coefficient (Wildman–Crippen LogP) is 6.73. The van der Waals surface area contributed by atoms with Gasteiger partial charge in [-0.25, -0.2) is 4.39 Å². The van der Waals surface area contributed by atoms with Crippen molar-refractivity contribution in [2.24, 2.45) is 0 Å². The Kier molecular flexibility index (Phi) is 8.77. The zero-order valence-electron chi connectivity index (χ0n) is 21.7. The summed E-state index contributed by atoms with van der Waals surface area (Å²) < 4.78 is 16.2. The van der Waals surface area contributed by atoms with Gasteiger partial charge < -0.3 is 19.9 Å². The van der Waals surface area contributed by atoms with Gasteiger partial charge in [0.05, 0.1) is 24.3 Å². The summed E-state index contributed by atoms with van der Waals surface area (Å²) in [6, 6.07) is 26.7. The van der Waals surface area contributed by atoms with Gasteiger partial charge in [0.1, 0.15) is 5.82 Å². The predicted molar refractivity (Wildman–Crippen MR) is 148 cm³/mol. The number of carbonyl (C=O) groups is 1. The minimum Gasteiger partial charge on any atom is -0.481 e. The highest BCUT2D eigenvalue weighted by atomic mass is 19.1. The Morgan fingerprint density at radius 1 is 0.789 bits per heavy atom. The van der Waals surface area contributed by atoms with Crippen LogP contribution in [-0.2, 0) is 11.3 Å². The highest BCUT2D eigenvalue weighted by molar-refractivity contribution is 5.96. The van der Waals surface area contributed by atoms with E-state index < -0.39 is 24.6 Å². The molecular formula is C32H34FNO4. The Morgan fingerprint density at radius 2 is 1.34 bits per heavy atom. The Labute approximate surface area is 222 Å². The van der Waals surface area contributed by atoms with Gasteiger partial charge in [-0.15, -0.1) is 0 Å². The number of carboxylic acid groups (broad SMARTS) is 1. The van der Waals surface area contributed by atoms with Crippen molar-refractivity contribution in [3.63, 3.8) is 0 Å². The van der Waals surface area contributed by atoms with E-state index in [1.54, 1.807) is 12.1 Å². The van der Waals surface area contributed by atoms with Crippen LogP contribution in [0.3, 0.4) is 0 Å². The van der Waals surface area contributed by atoms with Crippen molar-refractivity contribution in [2.75, 3.05) is 0 Å². The van der Waals surface area contributed by atoms with Crippen molar-refractivity contribution in [2.45, 2.75) is 57.8 Å². The molecule has 3 aromatic carbocycles. The molecular weight excluding hydrogens is 481 g/mol. The minimum absolute atomic E-state index is 0.0123. The first-order valence-electron chi connectivity index (χ1n) is 13.0. The molecule has 4 aromatic rings. The number of aliphatic carboxylic acids is 1. The van der Waals surface area contributed by atoms with Crippen LogP contribution in [0.4, 0.5) is 4.39 Å². The van der Waals surface area contributed by atoms with E-state index in [0.29, 0.717) is 13.0 Å². The summed E-state index contributed by atoms with van der Waals surface area (Å²) in [4.78, 5) is 11.0. The fraction of sp³-hybridized carbons (Fsp3) is 0.281. The summed E-state index contributed by atoms with van der Waals surface area (Å²) >= 11 is 0. The van der Waals surface area contributed by atoms with Crippen LogP contribution in [-0.4, -0.2) is 38.1 Å². The molecule has 5 nitrogen and oxygen atoms in total. The summed E-state index contributed by atoms with van der Waals surface area (Å²) in [6.07, 6.45) is -2.06. The molecule has 1 heterocycles. The molecule has 2 atom stereocenters. The maximum Gasteiger partial charge on any atom is 0.305 e. The van der Waals surface area contributed by atoms with Gasteiger partial charge >= 0.3 is 5.97 Å². The third-order valence-corrected chi connectivity index (χ3v) is 6.73. The number of nitrogens with zero attached hydrogens (tertiary/aromatic N) is 1.